The number of ether oxygens (including phenoxy) is 2. The maximum atomic E-state index is 11.5. The minimum Gasteiger partial charge on any atom is -0.378 e. The molecule has 0 spiro atoms. The SMILES string of the molecule is CC(C)C(=O)C1CCCCC1.CC(C)OCCC(=O)NCCOCC(N)=O.[HH].[HH]. The first kappa shape index (κ1) is 25.5. The van der Waals surface area contributed by atoms with Crippen molar-refractivity contribution in [2.45, 2.75) is 72.3 Å². The van der Waals surface area contributed by atoms with E-state index >= 15 is 0 Å². The Labute approximate surface area is 166 Å². The molecule has 27 heavy (non-hydrogen) atoms. The van der Waals surface area contributed by atoms with Gasteiger partial charge in [-0.15, -0.1) is 0 Å². The smallest absolute Gasteiger partial charge is 0.243 e. The fourth-order valence-electron chi connectivity index (χ4n) is 2.77. The zero-order chi connectivity index (χ0) is 20.7. The second-order valence-corrected chi connectivity index (χ2v) is 7.43. The molecule has 0 aromatic rings. The van der Waals surface area contributed by atoms with Crippen LogP contribution in [0, 0.1) is 11.8 Å². The Balaban J connectivity index is -0.000000459. The number of hydrogen-bond donors (Lipinski definition) is 2. The van der Waals surface area contributed by atoms with Crippen LogP contribution in [0.25, 0.3) is 0 Å². The van der Waals surface area contributed by atoms with Crippen molar-refractivity contribution in [1.82, 2.24) is 5.32 Å². The Morgan fingerprint density at radius 2 is 1.70 bits per heavy atom. The third-order valence-electron chi connectivity index (χ3n) is 4.17. The molecule has 1 rings (SSSR count). The van der Waals surface area contributed by atoms with E-state index in [9.17, 15) is 14.4 Å². The Morgan fingerprint density at radius 1 is 1.07 bits per heavy atom. The van der Waals surface area contributed by atoms with Crippen molar-refractivity contribution in [2.75, 3.05) is 26.4 Å². The molecule has 0 saturated heterocycles. The fourth-order valence-corrected chi connectivity index (χ4v) is 2.77. The molecule has 0 aromatic carbocycles. The Morgan fingerprint density at radius 3 is 2.22 bits per heavy atom. The van der Waals surface area contributed by atoms with Gasteiger partial charge < -0.3 is 20.5 Å². The summed E-state index contributed by atoms with van der Waals surface area (Å²) in [5, 5.41) is 2.63. The number of nitrogens with two attached hydrogens (primary N) is 1. The second-order valence-electron chi connectivity index (χ2n) is 7.43. The normalized spacial score (nSPS) is 14.6. The van der Waals surface area contributed by atoms with Crippen LogP contribution in [-0.2, 0) is 23.9 Å². The lowest BCUT2D eigenvalue weighted by molar-refractivity contribution is -0.127. The van der Waals surface area contributed by atoms with Gasteiger partial charge in [0.15, 0.2) is 0 Å². The minimum absolute atomic E-state index is 0. The second kappa shape index (κ2) is 15.6. The average Bonchev–Trinajstić information content (AvgIpc) is 2.61. The molecule has 0 aliphatic heterocycles. The van der Waals surface area contributed by atoms with E-state index in [0.717, 1.165) is 12.8 Å². The summed E-state index contributed by atoms with van der Waals surface area (Å²) in [6, 6.07) is 0. The summed E-state index contributed by atoms with van der Waals surface area (Å²) in [6.07, 6.45) is 6.63. The van der Waals surface area contributed by atoms with Crippen molar-refractivity contribution in [1.29, 1.82) is 0 Å². The molecule has 0 unspecified atom stereocenters. The number of rotatable bonds is 11. The number of Topliss-reactive ketones (excluding diaryl/α,β-unsaturated/α-hetero) is 1. The largest absolute Gasteiger partial charge is 0.378 e. The van der Waals surface area contributed by atoms with Crippen molar-refractivity contribution in [3.05, 3.63) is 0 Å². The first-order chi connectivity index (χ1) is 12.7. The number of carbonyl (C=O) groups is 3. The predicted octanol–water partition coefficient (Wildman–Crippen LogP) is 2.70. The number of carbonyl (C=O) groups excluding carboxylic acids is 3. The molecule has 0 bridgehead atoms. The van der Waals surface area contributed by atoms with E-state index in [0.29, 0.717) is 31.3 Å². The van der Waals surface area contributed by atoms with E-state index in [2.05, 4.69) is 5.32 Å². The molecule has 1 fully saturated rings. The molecule has 3 N–H and O–H groups in total. The van der Waals surface area contributed by atoms with Crippen LogP contribution in [0.3, 0.4) is 0 Å². The first-order valence-corrected chi connectivity index (χ1v) is 10.0. The Hall–Kier alpha value is -1.47. The summed E-state index contributed by atoms with van der Waals surface area (Å²) in [6.45, 7) is 8.78. The van der Waals surface area contributed by atoms with Crippen LogP contribution in [0.15, 0.2) is 0 Å². The zero-order valence-electron chi connectivity index (χ0n) is 17.4. The van der Waals surface area contributed by atoms with Crippen molar-refractivity contribution in [3.63, 3.8) is 0 Å². The minimum atomic E-state index is -0.517. The van der Waals surface area contributed by atoms with Crippen LogP contribution in [0.4, 0.5) is 0 Å². The molecule has 1 aliphatic rings. The predicted molar refractivity (Wildman–Crippen MR) is 109 cm³/mol. The topological polar surface area (TPSA) is 108 Å². The first-order valence-electron chi connectivity index (χ1n) is 10.0. The summed E-state index contributed by atoms with van der Waals surface area (Å²) < 4.78 is 10.1. The van der Waals surface area contributed by atoms with Crippen LogP contribution < -0.4 is 11.1 Å². The summed E-state index contributed by atoms with van der Waals surface area (Å²) in [5.41, 5.74) is 4.86. The van der Waals surface area contributed by atoms with Gasteiger partial charge in [-0.05, 0) is 26.7 Å². The van der Waals surface area contributed by atoms with Gasteiger partial charge in [-0.25, -0.2) is 0 Å². The Bertz CT molecular complexity index is 443. The molecule has 7 nitrogen and oxygen atoms in total. The monoisotopic (exact) mass is 390 g/mol. The summed E-state index contributed by atoms with van der Waals surface area (Å²) in [7, 11) is 0. The van der Waals surface area contributed by atoms with Gasteiger partial charge in [-0.2, -0.15) is 0 Å². The van der Waals surface area contributed by atoms with E-state index in [1.54, 1.807) is 0 Å². The lowest BCUT2D eigenvalue weighted by atomic mass is 9.83. The summed E-state index contributed by atoms with van der Waals surface area (Å²) >= 11 is 0. The van der Waals surface area contributed by atoms with Gasteiger partial charge >= 0.3 is 0 Å². The van der Waals surface area contributed by atoms with Gasteiger partial charge in [0, 0.05) is 27.7 Å². The average molecular weight is 391 g/mol. The van der Waals surface area contributed by atoms with Crippen LogP contribution in [0.1, 0.15) is 69.1 Å². The van der Waals surface area contributed by atoms with Crippen molar-refractivity contribution in [3.8, 4) is 0 Å². The van der Waals surface area contributed by atoms with Gasteiger partial charge in [0.2, 0.25) is 11.8 Å². The van der Waals surface area contributed by atoms with Crippen LogP contribution in [-0.4, -0.2) is 50.1 Å². The maximum Gasteiger partial charge on any atom is 0.243 e. The number of nitrogens with one attached hydrogen (secondary N) is 1. The quantitative estimate of drug-likeness (QED) is 0.527. The molecular weight excluding hydrogens is 348 g/mol. The molecule has 2 amide bonds. The molecule has 7 heteroatoms. The van der Waals surface area contributed by atoms with E-state index < -0.39 is 5.91 Å². The molecule has 0 radical (unpaired) electrons. The zero-order valence-corrected chi connectivity index (χ0v) is 17.4. The van der Waals surface area contributed by atoms with Gasteiger partial charge in [-0.1, -0.05) is 33.1 Å². The standard InChI is InChI=1S/C10H20N2O4.C10H18O.2H2/c1-8(2)16-5-3-10(14)12-4-6-15-7-9(11)13;1-8(2)10(11)9-6-4-3-5-7-9;;/h8H,3-7H2,1-2H3,(H2,11,13)(H,12,14);8-9H,3-7H2,1-2H3;2*1H. The van der Waals surface area contributed by atoms with E-state index in [-0.39, 0.29) is 34.0 Å². The van der Waals surface area contributed by atoms with Gasteiger partial charge in [0.05, 0.1) is 19.3 Å². The highest BCUT2D eigenvalue weighted by Crippen LogP contribution is 2.26. The third-order valence-corrected chi connectivity index (χ3v) is 4.17. The third kappa shape index (κ3) is 15.3. The molecule has 162 valence electrons. The number of ketones is 1. The van der Waals surface area contributed by atoms with Crippen LogP contribution in [0.5, 0.6) is 0 Å². The van der Waals surface area contributed by atoms with Gasteiger partial charge in [0.1, 0.15) is 12.4 Å². The summed E-state index contributed by atoms with van der Waals surface area (Å²) in [5.74, 6) is 0.534. The van der Waals surface area contributed by atoms with E-state index in [1.165, 1.54) is 19.3 Å². The van der Waals surface area contributed by atoms with Gasteiger partial charge in [-0.3, -0.25) is 14.4 Å². The highest BCUT2D eigenvalue weighted by atomic mass is 16.5. The van der Waals surface area contributed by atoms with E-state index in [4.69, 9.17) is 15.2 Å². The lowest BCUT2D eigenvalue weighted by Gasteiger charge is -2.21. The van der Waals surface area contributed by atoms with Gasteiger partial charge in [0.25, 0.3) is 0 Å². The summed E-state index contributed by atoms with van der Waals surface area (Å²) in [4.78, 5) is 33.0. The highest BCUT2D eigenvalue weighted by Gasteiger charge is 2.22. The molecule has 0 atom stereocenters. The lowest BCUT2D eigenvalue weighted by Crippen LogP contribution is -2.29. The molecule has 1 saturated carbocycles. The van der Waals surface area contributed by atoms with Crippen molar-refractivity contribution >= 4 is 17.6 Å². The number of hydrogen-bond acceptors (Lipinski definition) is 5. The molecule has 1 aliphatic carbocycles. The number of amides is 2. The van der Waals surface area contributed by atoms with Crippen LogP contribution >= 0.6 is 0 Å². The number of primary amides is 1. The fraction of sp³-hybridized carbons (Fsp3) is 0.850. The highest BCUT2D eigenvalue weighted by molar-refractivity contribution is 5.82. The molecule has 0 aromatic heterocycles. The van der Waals surface area contributed by atoms with Crippen molar-refractivity contribution < 1.29 is 26.7 Å². The molecular formula is C20H42N2O5. The molecule has 0 heterocycles. The maximum absolute atomic E-state index is 11.5. The van der Waals surface area contributed by atoms with Crippen molar-refractivity contribution in [2.24, 2.45) is 17.6 Å². The Kier molecular flexibility index (Phi) is 14.7. The van der Waals surface area contributed by atoms with Crippen LogP contribution in [0.2, 0.25) is 0 Å². The van der Waals surface area contributed by atoms with E-state index in [1.807, 2.05) is 27.7 Å².